The third kappa shape index (κ3) is 2.84. The molecule has 2 aromatic rings. The minimum Gasteiger partial charge on any atom is -0.508 e. The number of hydrogen-bond donors (Lipinski definition) is 2. The van der Waals surface area contributed by atoms with E-state index < -0.39 is 6.10 Å². The molecule has 0 fully saturated rings. The lowest BCUT2D eigenvalue weighted by Gasteiger charge is -1.99. The lowest BCUT2D eigenvalue weighted by molar-refractivity contribution is 0.167. The monoisotopic (exact) mass is 245 g/mol. The van der Waals surface area contributed by atoms with Crippen LogP contribution >= 0.6 is 0 Å². The summed E-state index contributed by atoms with van der Waals surface area (Å²) in [5, 5.41) is 30.9. The van der Waals surface area contributed by atoms with Crippen molar-refractivity contribution in [3.63, 3.8) is 0 Å². The van der Waals surface area contributed by atoms with Gasteiger partial charge in [0.2, 0.25) is 11.7 Å². The van der Waals surface area contributed by atoms with Gasteiger partial charge in [-0.05, 0) is 12.1 Å². The number of benzene rings is 1. The van der Waals surface area contributed by atoms with Gasteiger partial charge in [-0.25, -0.2) is 0 Å². The quantitative estimate of drug-likeness (QED) is 0.840. The number of aliphatic hydroxyl groups excluding tert-OH is 1. The van der Waals surface area contributed by atoms with Crippen molar-refractivity contribution >= 4 is 0 Å². The Kier molecular flexibility index (Phi) is 3.55. The topological polar surface area (TPSA) is 103 Å². The highest BCUT2D eigenvalue weighted by molar-refractivity contribution is 5.56. The molecule has 2 rings (SSSR count). The lowest BCUT2D eigenvalue weighted by Crippen LogP contribution is -2.09. The summed E-state index contributed by atoms with van der Waals surface area (Å²) in [6.07, 6.45) is -0.657. The Morgan fingerprint density at radius 1 is 1.44 bits per heavy atom. The number of phenolic OH excluding ortho intramolecular Hbond substituents is 1. The Balaban J connectivity index is 2.13. The third-order valence-electron chi connectivity index (χ3n) is 2.31. The van der Waals surface area contributed by atoms with Gasteiger partial charge in [-0.3, -0.25) is 0 Å². The van der Waals surface area contributed by atoms with Gasteiger partial charge in [0, 0.05) is 5.56 Å². The van der Waals surface area contributed by atoms with Crippen molar-refractivity contribution in [3.05, 3.63) is 30.2 Å². The van der Waals surface area contributed by atoms with Crippen LogP contribution in [0.4, 0.5) is 0 Å². The summed E-state index contributed by atoms with van der Waals surface area (Å²) in [5.74, 6) is 0.713. The van der Waals surface area contributed by atoms with E-state index in [1.165, 1.54) is 6.07 Å². The number of nitriles is 1. The van der Waals surface area contributed by atoms with Crippen molar-refractivity contribution in [1.82, 2.24) is 10.1 Å². The van der Waals surface area contributed by atoms with E-state index in [0.717, 1.165) is 0 Å². The van der Waals surface area contributed by atoms with Gasteiger partial charge in [0.05, 0.1) is 25.0 Å². The summed E-state index contributed by atoms with van der Waals surface area (Å²) in [6.45, 7) is 0. The highest BCUT2D eigenvalue weighted by Crippen LogP contribution is 2.20. The minimum absolute atomic E-state index is 0.0177. The average molecular weight is 245 g/mol. The maximum Gasteiger partial charge on any atom is 0.229 e. The first-order chi connectivity index (χ1) is 8.69. The van der Waals surface area contributed by atoms with E-state index in [-0.39, 0.29) is 24.5 Å². The molecule has 6 nitrogen and oxygen atoms in total. The van der Waals surface area contributed by atoms with E-state index in [9.17, 15) is 10.2 Å². The van der Waals surface area contributed by atoms with Crippen LogP contribution in [0.1, 0.15) is 12.3 Å². The predicted octanol–water partition coefficient (Wildman–Crippen LogP) is 1.26. The van der Waals surface area contributed by atoms with Crippen molar-refractivity contribution in [2.24, 2.45) is 0 Å². The standard InChI is InChI=1S/C12H11N3O3/c13-5-4-10(17)7-11-14-12(15-18-11)8-2-1-3-9(16)6-8/h1-3,6,10,16-17H,4,7H2. The summed E-state index contributed by atoms with van der Waals surface area (Å²) < 4.78 is 4.96. The Hall–Kier alpha value is -2.39. The highest BCUT2D eigenvalue weighted by atomic mass is 16.5. The molecule has 0 radical (unpaired) electrons. The fourth-order valence-electron chi connectivity index (χ4n) is 1.48. The molecule has 1 unspecified atom stereocenters. The first-order valence-corrected chi connectivity index (χ1v) is 5.36. The van der Waals surface area contributed by atoms with Gasteiger partial charge in [-0.15, -0.1) is 0 Å². The lowest BCUT2D eigenvalue weighted by atomic mass is 10.2. The summed E-state index contributed by atoms with van der Waals surface area (Å²) in [5.41, 5.74) is 0.625. The van der Waals surface area contributed by atoms with E-state index in [4.69, 9.17) is 9.78 Å². The normalized spacial score (nSPS) is 12.0. The smallest absolute Gasteiger partial charge is 0.229 e. The van der Waals surface area contributed by atoms with Crippen LogP contribution in [0.25, 0.3) is 11.4 Å². The Morgan fingerprint density at radius 3 is 3.00 bits per heavy atom. The number of aliphatic hydroxyl groups is 1. The number of nitrogens with zero attached hydrogens (tertiary/aromatic N) is 3. The summed E-state index contributed by atoms with van der Waals surface area (Å²) >= 11 is 0. The maximum atomic E-state index is 9.44. The summed E-state index contributed by atoms with van der Waals surface area (Å²) in [4.78, 5) is 4.09. The van der Waals surface area contributed by atoms with Gasteiger partial charge < -0.3 is 14.7 Å². The highest BCUT2D eigenvalue weighted by Gasteiger charge is 2.13. The number of phenols is 1. The molecular formula is C12H11N3O3. The maximum absolute atomic E-state index is 9.44. The number of rotatable bonds is 4. The van der Waals surface area contributed by atoms with Crippen LogP contribution in [-0.4, -0.2) is 26.5 Å². The molecule has 0 aliphatic heterocycles. The van der Waals surface area contributed by atoms with Gasteiger partial charge in [0.1, 0.15) is 5.75 Å². The van der Waals surface area contributed by atoms with Crippen LogP contribution in [0.3, 0.4) is 0 Å². The Morgan fingerprint density at radius 2 is 2.28 bits per heavy atom. The van der Waals surface area contributed by atoms with Gasteiger partial charge in [0.25, 0.3) is 0 Å². The predicted molar refractivity (Wildman–Crippen MR) is 61.3 cm³/mol. The van der Waals surface area contributed by atoms with Crippen LogP contribution < -0.4 is 0 Å². The van der Waals surface area contributed by atoms with E-state index in [0.29, 0.717) is 11.4 Å². The van der Waals surface area contributed by atoms with Crippen molar-refractivity contribution < 1.29 is 14.7 Å². The van der Waals surface area contributed by atoms with Gasteiger partial charge in [-0.2, -0.15) is 10.2 Å². The zero-order valence-corrected chi connectivity index (χ0v) is 9.45. The molecule has 0 amide bonds. The molecule has 18 heavy (non-hydrogen) atoms. The number of aromatic nitrogens is 2. The molecule has 1 aromatic heterocycles. The molecule has 0 saturated heterocycles. The Bertz CT molecular complexity index is 574. The second-order valence-electron chi connectivity index (χ2n) is 3.78. The van der Waals surface area contributed by atoms with Crippen LogP contribution in [0, 0.1) is 11.3 Å². The van der Waals surface area contributed by atoms with Crippen LogP contribution in [0.5, 0.6) is 5.75 Å². The van der Waals surface area contributed by atoms with Crippen LogP contribution in [0.15, 0.2) is 28.8 Å². The fourth-order valence-corrected chi connectivity index (χ4v) is 1.48. The molecule has 0 aliphatic rings. The van der Waals surface area contributed by atoms with Crippen LogP contribution in [0.2, 0.25) is 0 Å². The van der Waals surface area contributed by atoms with Gasteiger partial charge in [0.15, 0.2) is 0 Å². The second-order valence-corrected chi connectivity index (χ2v) is 3.78. The van der Waals surface area contributed by atoms with Crippen molar-refractivity contribution in [3.8, 4) is 23.2 Å². The molecule has 0 spiro atoms. The molecule has 6 heteroatoms. The zero-order chi connectivity index (χ0) is 13.0. The van der Waals surface area contributed by atoms with Gasteiger partial charge in [-0.1, -0.05) is 17.3 Å². The molecule has 0 aliphatic carbocycles. The SMILES string of the molecule is N#CCC(O)Cc1nc(-c2cccc(O)c2)no1. The van der Waals surface area contributed by atoms with E-state index in [1.54, 1.807) is 18.2 Å². The first-order valence-electron chi connectivity index (χ1n) is 5.36. The molecule has 0 bridgehead atoms. The van der Waals surface area contributed by atoms with E-state index >= 15 is 0 Å². The molecule has 92 valence electrons. The molecule has 1 atom stereocenters. The summed E-state index contributed by atoms with van der Waals surface area (Å²) in [7, 11) is 0. The minimum atomic E-state index is -0.813. The average Bonchev–Trinajstić information content (AvgIpc) is 2.78. The largest absolute Gasteiger partial charge is 0.508 e. The van der Waals surface area contributed by atoms with Crippen molar-refractivity contribution in [2.45, 2.75) is 18.9 Å². The number of aromatic hydroxyl groups is 1. The van der Waals surface area contributed by atoms with Crippen molar-refractivity contribution in [1.29, 1.82) is 5.26 Å². The summed E-state index contributed by atoms with van der Waals surface area (Å²) in [6, 6.07) is 8.33. The molecule has 0 saturated carbocycles. The molecular weight excluding hydrogens is 234 g/mol. The molecule has 2 N–H and O–H groups in total. The second kappa shape index (κ2) is 5.29. The fraction of sp³-hybridized carbons (Fsp3) is 0.250. The van der Waals surface area contributed by atoms with E-state index in [2.05, 4.69) is 10.1 Å². The molecule has 1 aromatic carbocycles. The Labute approximate surface area is 103 Å². The third-order valence-corrected chi connectivity index (χ3v) is 2.31. The van der Waals surface area contributed by atoms with Crippen LogP contribution in [-0.2, 0) is 6.42 Å². The van der Waals surface area contributed by atoms with E-state index in [1.807, 2.05) is 6.07 Å². The number of hydrogen-bond acceptors (Lipinski definition) is 6. The van der Waals surface area contributed by atoms with Crippen molar-refractivity contribution in [2.75, 3.05) is 0 Å². The first kappa shape index (κ1) is 12.1. The van der Waals surface area contributed by atoms with Gasteiger partial charge >= 0.3 is 0 Å². The zero-order valence-electron chi connectivity index (χ0n) is 9.45. The molecule has 1 heterocycles.